The number of nitrogens with one attached hydrogen (secondary N) is 2. The normalized spacial score (nSPS) is 11.7. The Bertz CT molecular complexity index is 1590. The van der Waals surface area contributed by atoms with Crippen LogP contribution in [0, 0.1) is 10.8 Å². The maximum absolute atomic E-state index is 13.6. The number of esters is 1. The van der Waals surface area contributed by atoms with E-state index >= 15 is 0 Å². The minimum absolute atomic E-state index is 0.0396. The maximum atomic E-state index is 13.6. The van der Waals surface area contributed by atoms with Crippen LogP contribution in [-0.2, 0) is 35.8 Å². The van der Waals surface area contributed by atoms with Crippen LogP contribution in [0.15, 0.2) is 66.7 Å². The third kappa shape index (κ3) is 6.60. The van der Waals surface area contributed by atoms with Gasteiger partial charge in [0.05, 0.1) is 17.6 Å². The van der Waals surface area contributed by atoms with Gasteiger partial charge in [0.25, 0.3) is 5.91 Å². The molecule has 212 valence electrons. The summed E-state index contributed by atoms with van der Waals surface area (Å²) in [6.07, 6.45) is 1.71. The molecule has 0 radical (unpaired) electrons. The van der Waals surface area contributed by atoms with Gasteiger partial charge in [-0.3, -0.25) is 15.6 Å². The highest BCUT2D eigenvalue weighted by Gasteiger charge is 2.29. The van der Waals surface area contributed by atoms with E-state index in [0.29, 0.717) is 28.6 Å². The van der Waals surface area contributed by atoms with Gasteiger partial charge in [-0.2, -0.15) is 0 Å². The number of aromatic nitrogens is 2. The van der Waals surface area contributed by atoms with Crippen LogP contribution in [0.5, 0.6) is 0 Å². The Labute approximate surface area is 238 Å². The number of nitrogen functional groups attached to an aromatic ring is 2. The molecule has 1 amide bonds. The van der Waals surface area contributed by atoms with E-state index < -0.39 is 12.0 Å². The molecule has 3 aromatic carbocycles. The molecule has 1 heterocycles. The highest BCUT2D eigenvalue weighted by molar-refractivity contribution is 5.99. The first-order chi connectivity index (χ1) is 19.6. The van der Waals surface area contributed by atoms with Crippen molar-refractivity contribution in [2.75, 3.05) is 13.7 Å². The fraction of sp³-hybridized carbons (Fsp3) is 0.258. The zero-order valence-electron chi connectivity index (χ0n) is 23.5. The average Bonchev–Trinajstić information content (AvgIpc) is 3.28. The summed E-state index contributed by atoms with van der Waals surface area (Å²) in [7, 11) is 3.55. The van der Waals surface area contributed by atoms with Gasteiger partial charge in [0.2, 0.25) is 0 Å². The van der Waals surface area contributed by atoms with Gasteiger partial charge in [-0.25, -0.2) is 9.78 Å². The lowest BCUT2D eigenvalue weighted by Crippen LogP contribution is -2.44. The molecule has 10 nitrogen and oxygen atoms in total. The van der Waals surface area contributed by atoms with Crippen LogP contribution < -0.4 is 11.5 Å². The molecule has 0 aliphatic carbocycles. The van der Waals surface area contributed by atoms with E-state index in [1.165, 1.54) is 4.90 Å². The summed E-state index contributed by atoms with van der Waals surface area (Å²) in [5.41, 5.74) is 16.3. The van der Waals surface area contributed by atoms with Crippen LogP contribution in [0.25, 0.3) is 11.0 Å². The summed E-state index contributed by atoms with van der Waals surface area (Å²) in [4.78, 5) is 32.7. The third-order valence-electron chi connectivity index (χ3n) is 7.16. The summed E-state index contributed by atoms with van der Waals surface area (Å²) in [6.45, 7) is 1.93. The number of benzene rings is 3. The Morgan fingerprint density at radius 2 is 1.46 bits per heavy atom. The summed E-state index contributed by atoms with van der Waals surface area (Å²) >= 11 is 0. The van der Waals surface area contributed by atoms with E-state index in [-0.39, 0.29) is 30.6 Å². The number of likely N-dealkylation sites (N-methyl/N-ethyl adjacent to an activating group) is 1. The van der Waals surface area contributed by atoms with Crippen molar-refractivity contribution < 1.29 is 14.3 Å². The van der Waals surface area contributed by atoms with Crippen LogP contribution in [0.1, 0.15) is 45.4 Å². The quantitative estimate of drug-likeness (QED) is 0.127. The van der Waals surface area contributed by atoms with Gasteiger partial charge in [0, 0.05) is 43.6 Å². The third-order valence-corrected chi connectivity index (χ3v) is 7.16. The number of hydrogen-bond donors (Lipinski definition) is 4. The molecular formula is C31H35N7O3. The van der Waals surface area contributed by atoms with E-state index in [9.17, 15) is 9.59 Å². The summed E-state index contributed by atoms with van der Waals surface area (Å²) in [5, 5.41) is 15.1. The first kappa shape index (κ1) is 29.0. The van der Waals surface area contributed by atoms with Gasteiger partial charge in [0.1, 0.15) is 23.5 Å². The number of amidine groups is 2. The molecule has 6 N–H and O–H groups in total. The standard InChI is InChI=1S/C31H35N7O3/c1-4-41-31(40)26(17-20-7-12-22(13-8-20)29(34)35)38(3)30(39)23-14-15-25-24(18-23)36-27(37(25)2)16-9-19-5-10-21(11-6-19)28(32)33/h5-8,10-15,18,26H,4,9,16-17H2,1-3H3,(H3,32,33)(H3,34,35). The zero-order chi connectivity index (χ0) is 29.7. The maximum Gasteiger partial charge on any atom is 0.329 e. The second kappa shape index (κ2) is 12.5. The molecule has 0 saturated carbocycles. The molecule has 1 unspecified atom stereocenters. The van der Waals surface area contributed by atoms with Crippen molar-refractivity contribution in [3.63, 3.8) is 0 Å². The molecule has 4 aromatic rings. The van der Waals surface area contributed by atoms with E-state index in [2.05, 4.69) is 0 Å². The van der Waals surface area contributed by atoms with Crippen molar-refractivity contribution in [2.24, 2.45) is 18.5 Å². The minimum Gasteiger partial charge on any atom is -0.464 e. The summed E-state index contributed by atoms with van der Waals surface area (Å²) in [5.74, 6) is 0.0774. The SMILES string of the molecule is CCOC(=O)C(Cc1ccc(C(=N)N)cc1)N(C)C(=O)c1ccc2c(c1)nc(CCc1ccc(C(=N)N)cc1)n2C. The lowest BCUT2D eigenvalue weighted by Gasteiger charge is -2.27. The van der Waals surface area contributed by atoms with E-state index in [1.54, 1.807) is 50.4 Å². The van der Waals surface area contributed by atoms with E-state index in [0.717, 1.165) is 28.9 Å². The molecule has 0 aliphatic heterocycles. The number of ether oxygens (including phenoxy) is 1. The van der Waals surface area contributed by atoms with Gasteiger partial charge in [-0.15, -0.1) is 0 Å². The number of imidazole rings is 1. The highest BCUT2D eigenvalue weighted by atomic mass is 16.5. The Balaban J connectivity index is 1.52. The van der Waals surface area contributed by atoms with Crippen molar-refractivity contribution in [1.29, 1.82) is 10.8 Å². The number of nitrogens with zero attached hydrogens (tertiary/aromatic N) is 3. The monoisotopic (exact) mass is 553 g/mol. The van der Waals surface area contributed by atoms with Gasteiger partial charge >= 0.3 is 5.97 Å². The Morgan fingerprint density at radius 1 is 0.902 bits per heavy atom. The largest absolute Gasteiger partial charge is 0.464 e. The average molecular weight is 554 g/mol. The number of carbonyl (C=O) groups excluding carboxylic acids is 2. The molecule has 0 saturated heterocycles. The predicted octanol–water partition coefficient (Wildman–Crippen LogP) is 3.17. The first-order valence-corrected chi connectivity index (χ1v) is 13.3. The molecule has 4 rings (SSSR count). The number of aryl methyl sites for hydroxylation is 3. The Hall–Kier alpha value is -4.99. The highest BCUT2D eigenvalue weighted by Crippen LogP contribution is 2.21. The molecular weight excluding hydrogens is 518 g/mol. The molecule has 0 bridgehead atoms. The predicted molar refractivity (Wildman–Crippen MR) is 159 cm³/mol. The van der Waals surface area contributed by atoms with Crippen molar-refractivity contribution in [3.8, 4) is 0 Å². The van der Waals surface area contributed by atoms with Crippen LogP contribution in [0.4, 0.5) is 0 Å². The fourth-order valence-corrected chi connectivity index (χ4v) is 4.72. The minimum atomic E-state index is -0.838. The smallest absolute Gasteiger partial charge is 0.329 e. The lowest BCUT2D eigenvalue weighted by molar-refractivity contribution is -0.148. The number of fused-ring (bicyclic) bond motifs is 1. The van der Waals surface area contributed by atoms with E-state index in [4.69, 9.17) is 32.0 Å². The molecule has 10 heteroatoms. The Kier molecular flexibility index (Phi) is 8.81. The number of hydrogen-bond acceptors (Lipinski definition) is 6. The van der Waals surface area contributed by atoms with Crippen molar-refractivity contribution in [1.82, 2.24) is 14.5 Å². The van der Waals surface area contributed by atoms with Crippen LogP contribution in [-0.4, -0.2) is 57.7 Å². The van der Waals surface area contributed by atoms with Crippen LogP contribution >= 0.6 is 0 Å². The number of carbonyl (C=O) groups is 2. The summed E-state index contributed by atoms with van der Waals surface area (Å²) in [6, 6.07) is 19.2. The van der Waals surface area contributed by atoms with Crippen molar-refractivity contribution >= 4 is 34.6 Å². The lowest BCUT2D eigenvalue weighted by atomic mass is 10.0. The molecule has 1 atom stereocenters. The molecule has 1 aromatic heterocycles. The van der Waals surface area contributed by atoms with Crippen LogP contribution in [0.2, 0.25) is 0 Å². The Morgan fingerprint density at radius 3 is 2.02 bits per heavy atom. The van der Waals surface area contributed by atoms with E-state index in [1.807, 2.05) is 41.9 Å². The van der Waals surface area contributed by atoms with Crippen LogP contribution in [0.3, 0.4) is 0 Å². The molecule has 0 aliphatic rings. The van der Waals surface area contributed by atoms with Gasteiger partial charge in [-0.1, -0.05) is 48.5 Å². The first-order valence-electron chi connectivity index (χ1n) is 13.3. The van der Waals surface area contributed by atoms with Gasteiger partial charge < -0.3 is 25.7 Å². The van der Waals surface area contributed by atoms with Gasteiger partial charge in [-0.05, 0) is 42.7 Å². The van der Waals surface area contributed by atoms with Crippen molar-refractivity contribution in [3.05, 3.63) is 100 Å². The molecule has 0 spiro atoms. The van der Waals surface area contributed by atoms with Gasteiger partial charge in [0.15, 0.2) is 0 Å². The second-order valence-corrected chi connectivity index (χ2v) is 9.90. The molecule has 41 heavy (non-hydrogen) atoms. The van der Waals surface area contributed by atoms with Crippen molar-refractivity contribution in [2.45, 2.75) is 32.2 Å². The topological polar surface area (TPSA) is 164 Å². The second-order valence-electron chi connectivity index (χ2n) is 9.90. The zero-order valence-corrected chi connectivity index (χ0v) is 23.5. The summed E-state index contributed by atoms with van der Waals surface area (Å²) < 4.78 is 7.31. The molecule has 0 fully saturated rings. The number of rotatable bonds is 11. The number of amides is 1. The number of nitrogens with two attached hydrogens (primary N) is 2. The fourth-order valence-electron chi connectivity index (χ4n) is 4.72.